The van der Waals surface area contributed by atoms with Gasteiger partial charge in [0.2, 0.25) is 5.91 Å². The minimum absolute atomic E-state index is 0.0960. The van der Waals surface area contributed by atoms with E-state index in [0.717, 1.165) is 31.5 Å². The molecule has 2 atom stereocenters. The molecule has 0 bridgehead atoms. The fraction of sp³-hybridized carbons (Fsp3) is 0.632. The van der Waals surface area contributed by atoms with Gasteiger partial charge in [-0.3, -0.25) is 14.6 Å². The van der Waals surface area contributed by atoms with Crippen LogP contribution in [0.1, 0.15) is 32.3 Å². The molecule has 0 spiro atoms. The van der Waals surface area contributed by atoms with Crippen LogP contribution in [-0.2, 0) is 20.7 Å². The van der Waals surface area contributed by atoms with Gasteiger partial charge in [-0.1, -0.05) is 0 Å². The first-order chi connectivity index (χ1) is 12.0. The number of carbonyl (C=O) groups is 2. The molecule has 136 valence electrons. The van der Waals surface area contributed by atoms with Crippen LogP contribution in [0.15, 0.2) is 24.5 Å². The van der Waals surface area contributed by atoms with Crippen molar-refractivity contribution in [1.29, 1.82) is 0 Å². The minimum Gasteiger partial charge on any atom is -0.369 e. The van der Waals surface area contributed by atoms with E-state index in [0.29, 0.717) is 12.3 Å². The summed E-state index contributed by atoms with van der Waals surface area (Å²) in [4.78, 5) is 32.6. The number of amides is 2. The highest BCUT2D eigenvalue weighted by atomic mass is 16.5. The lowest BCUT2D eigenvalue weighted by molar-refractivity contribution is -0.182. The number of pyridine rings is 1. The Bertz CT molecular complexity index is 612. The van der Waals surface area contributed by atoms with Gasteiger partial charge in [0.15, 0.2) is 6.10 Å². The first kappa shape index (κ1) is 17.9. The van der Waals surface area contributed by atoms with Gasteiger partial charge in [0.25, 0.3) is 5.91 Å². The topological polar surface area (TPSA) is 62.7 Å². The summed E-state index contributed by atoms with van der Waals surface area (Å²) < 4.78 is 5.42. The highest BCUT2D eigenvalue weighted by Crippen LogP contribution is 2.36. The summed E-state index contributed by atoms with van der Waals surface area (Å²) in [5.74, 6) is 0.659. The Kier molecular flexibility index (Phi) is 5.37. The van der Waals surface area contributed by atoms with Gasteiger partial charge in [0.1, 0.15) is 0 Å². The van der Waals surface area contributed by atoms with Crippen molar-refractivity contribution in [3.8, 4) is 0 Å². The van der Waals surface area contributed by atoms with Crippen LogP contribution in [0.25, 0.3) is 0 Å². The first-order valence-electron chi connectivity index (χ1n) is 9.04. The summed E-state index contributed by atoms with van der Waals surface area (Å²) in [5, 5.41) is 0. The standard InChI is InChI=1S/C19H27N3O3/c1-13(2)22-17(18(25-3)19(22)24)15-6-10-21(11-7-15)16(23)12-14-4-8-20-9-5-14/h4-5,8-9,13,15,17-18H,6-7,10-12H2,1-3H3/t17-,18+/m0/s1. The monoisotopic (exact) mass is 345 g/mol. The summed E-state index contributed by atoms with van der Waals surface area (Å²) in [5.41, 5.74) is 0.997. The van der Waals surface area contributed by atoms with Crippen LogP contribution in [-0.4, -0.2) is 65.0 Å². The van der Waals surface area contributed by atoms with Crippen LogP contribution in [0.2, 0.25) is 0 Å². The second-order valence-electron chi connectivity index (χ2n) is 7.24. The fourth-order valence-electron chi connectivity index (χ4n) is 4.09. The summed E-state index contributed by atoms with van der Waals surface area (Å²) in [6, 6.07) is 4.10. The van der Waals surface area contributed by atoms with E-state index in [4.69, 9.17) is 4.74 Å². The van der Waals surface area contributed by atoms with Gasteiger partial charge < -0.3 is 14.5 Å². The summed E-state index contributed by atoms with van der Waals surface area (Å²) in [6.45, 7) is 5.59. The van der Waals surface area contributed by atoms with E-state index in [1.807, 2.05) is 35.8 Å². The molecule has 0 radical (unpaired) electrons. The molecular weight excluding hydrogens is 318 g/mol. The molecule has 2 aliphatic heterocycles. The second kappa shape index (κ2) is 7.52. The number of rotatable bonds is 5. The lowest BCUT2D eigenvalue weighted by atomic mass is 9.79. The molecule has 3 heterocycles. The van der Waals surface area contributed by atoms with E-state index in [1.165, 1.54) is 0 Å². The van der Waals surface area contributed by atoms with Gasteiger partial charge in [-0.15, -0.1) is 0 Å². The quantitative estimate of drug-likeness (QED) is 0.759. The number of methoxy groups -OCH3 is 1. The SMILES string of the molecule is CO[C@H]1C(=O)N(C(C)C)[C@H]1C1CCN(C(=O)Cc2ccncc2)CC1. The molecule has 6 heteroatoms. The van der Waals surface area contributed by atoms with Gasteiger partial charge in [0.05, 0.1) is 12.5 Å². The molecule has 1 aromatic heterocycles. The number of aromatic nitrogens is 1. The summed E-state index contributed by atoms with van der Waals surface area (Å²) in [6.07, 6.45) is 5.38. The molecule has 0 saturated carbocycles. The van der Waals surface area contributed by atoms with Crippen molar-refractivity contribution in [1.82, 2.24) is 14.8 Å². The predicted molar refractivity (Wildman–Crippen MR) is 93.8 cm³/mol. The van der Waals surface area contributed by atoms with Crippen LogP contribution < -0.4 is 0 Å². The average molecular weight is 345 g/mol. The van der Waals surface area contributed by atoms with Crippen LogP contribution in [0, 0.1) is 5.92 Å². The lowest BCUT2D eigenvalue weighted by Crippen LogP contribution is -2.70. The number of ether oxygens (including phenoxy) is 1. The number of likely N-dealkylation sites (tertiary alicyclic amines) is 2. The molecule has 0 N–H and O–H groups in total. The van der Waals surface area contributed by atoms with E-state index >= 15 is 0 Å². The van der Waals surface area contributed by atoms with E-state index in [9.17, 15) is 9.59 Å². The van der Waals surface area contributed by atoms with Crippen molar-refractivity contribution in [3.63, 3.8) is 0 Å². The fourth-order valence-corrected chi connectivity index (χ4v) is 4.09. The number of carbonyl (C=O) groups excluding carboxylic acids is 2. The Morgan fingerprint density at radius 3 is 2.48 bits per heavy atom. The smallest absolute Gasteiger partial charge is 0.254 e. The van der Waals surface area contributed by atoms with E-state index in [1.54, 1.807) is 19.5 Å². The molecule has 1 aromatic rings. The molecule has 2 saturated heterocycles. The Labute approximate surface area is 149 Å². The zero-order chi connectivity index (χ0) is 18.0. The number of β-lactam (4-membered cyclic amide) rings is 1. The average Bonchev–Trinajstić information content (AvgIpc) is 2.60. The molecule has 2 aliphatic rings. The molecule has 0 aliphatic carbocycles. The molecule has 25 heavy (non-hydrogen) atoms. The summed E-state index contributed by atoms with van der Waals surface area (Å²) >= 11 is 0. The van der Waals surface area contributed by atoms with Crippen LogP contribution in [0.4, 0.5) is 0 Å². The number of nitrogens with zero attached hydrogens (tertiary/aromatic N) is 3. The van der Waals surface area contributed by atoms with Gasteiger partial charge in [-0.2, -0.15) is 0 Å². The molecule has 6 nitrogen and oxygen atoms in total. The molecule has 0 aromatic carbocycles. The largest absolute Gasteiger partial charge is 0.369 e. The van der Waals surface area contributed by atoms with Gasteiger partial charge in [0, 0.05) is 38.6 Å². The lowest BCUT2D eigenvalue weighted by Gasteiger charge is -2.53. The van der Waals surface area contributed by atoms with Crippen molar-refractivity contribution in [2.45, 2.75) is 51.3 Å². The van der Waals surface area contributed by atoms with Crippen molar-refractivity contribution >= 4 is 11.8 Å². The Morgan fingerprint density at radius 2 is 1.92 bits per heavy atom. The Morgan fingerprint density at radius 1 is 1.28 bits per heavy atom. The minimum atomic E-state index is -0.313. The normalized spacial score (nSPS) is 24.6. The van der Waals surface area contributed by atoms with Crippen molar-refractivity contribution in [2.75, 3.05) is 20.2 Å². The van der Waals surface area contributed by atoms with Gasteiger partial charge in [-0.25, -0.2) is 0 Å². The zero-order valence-electron chi connectivity index (χ0n) is 15.2. The van der Waals surface area contributed by atoms with E-state index in [-0.39, 0.29) is 30.0 Å². The van der Waals surface area contributed by atoms with E-state index in [2.05, 4.69) is 4.98 Å². The van der Waals surface area contributed by atoms with E-state index < -0.39 is 0 Å². The molecule has 2 fully saturated rings. The molecular formula is C19H27N3O3. The highest BCUT2D eigenvalue weighted by Gasteiger charge is 2.52. The maximum absolute atomic E-state index is 12.5. The summed E-state index contributed by atoms with van der Waals surface area (Å²) in [7, 11) is 1.61. The molecule has 3 rings (SSSR count). The van der Waals surface area contributed by atoms with Crippen LogP contribution >= 0.6 is 0 Å². The van der Waals surface area contributed by atoms with Crippen molar-refractivity contribution in [2.24, 2.45) is 5.92 Å². The van der Waals surface area contributed by atoms with Crippen LogP contribution in [0.5, 0.6) is 0 Å². The predicted octanol–water partition coefficient (Wildman–Crippen LogP) is 1.50. The number of hydrogen-bond acceptors (Lipinski definition) is 4. The molecule has 0 unspecified atom stereocenters. The third kappa shape index (κ3) is 3.54. The maximum atomic E-state index is 12.5. The van der Waals surface area contributed by atoms with Crippen molar-refractivity contribution < 1.29 is 14.3 Å². The molecule has 2 amide bonds. The van der Waals surface area contributed by atoms with Crippen LogP contribution in [0.3, 0.4) is 0 Å². The number of piperidine rings is 1. The number of hydrogen-bond donors (Lipinski definition) is 0. The third-order valence-corrected chi connectivity index (χ3v) is 5.42. The maximum Gasteiger partial charge on any atom is 0.254 e. The zero-order valence-corrected chi connectivity index (χ0v) is 15.2. The first-order valence-corrected chi connectivity index (χ1v) is 9.04. The van der Waals surface area contributed by atoms with Crippen molar-refractivity contribution in [3.05, 3.63) is 30.1 Å². The Balaban J connectivity index is 1.56. The third-order valence-electron chi connectivity index (χ3n) is 5.42. The highest BCUT2D eigenvalue weighted by molar-refractivity contribution is 5.88. The Hall–Kier alpha value is -1.95. The second-order valence-corrected chi connectivity index (χ2v) is 7.24. The van der Waals surface area contributed by atoms with Gasteiger partial charge >= 0.3 is 0 Å². The van der Waals surface area contributed by atoms with Gasteiger partial charge in [-0.05, 0) is 50.3 Å².